The Bertz CT molecular complexity index is 604. The molecule has 0 aliphatic carbocycles. The molecule has 4 nitrogen and oxygen atoms in total. The molecule has 6 heteroatoms. The summed E-state index contributed by atoms with van der Waals surface area (Å²) >= 11 is 0. The van der Waals surface area contributed by atoms with Gasteiger partial charge >= 0.3 is 7.12 Å². The molecule has 0 bridgehead atoms. The maximum atomic E-state index is 13.2. The molecule has 110 valence electrons. The number of rotatable bonds is 6. The van der Waals surface area contributed by atoms with Crippen molar-refractivity contribution in [1.82, 2.24) is 0 Å². The molecule has 21 heavy (non-hydrogen) atoms. The van der Waals surface area contributed by atoms with Gasteiger partial charge in [0.25, 0.3) is 0 Å². The molecule has 2 N–H and O–H groups in total. The van der Waals surface area contributed by atoms with Crippen molar-refractivity contribution < 1.29 is 23.9 Å². The zero-order chi connectivity index (χ0) is 15.2. The summed E-state index contributed by atoms with van der Waals surface area (Å²) in [6.07, 6.45) is 0. The zero-order valence-electron chi connectivity index (χ0n) is 11.6. The molecular formula is C15H16BFO4. The van der Waals surface area contributed by atoms with E-state index < -0.39 is 12.9 Å². The van der Waals surface area contributed by atoms with E-state index in [-0.39, 0.29) is 12.1 Å². The summed E-state index contributed by atoms with van der Waals surface area (Å²) in [6, 6.07) is 11.0. The first-order chi connectivity index (χ1) is 10.1. The van der Waals surface area contributed by atoms with E-state index in [1.807, 2.05) is 19.1 Å². The van der Waals surface area contributed by atoms with E-state index in [9.17, 15) is 14.4 Å². The van der Waals surface area contributed by atoms with E-state index in [1.54, 1.807) is 12.1 Å². The second-order valence-corrected chi connectivity index (χ2v) is 4.39. The molecule has 0 amide bonds. The van der Waals surface area contributed by atoms with Gasteiger partial charge in [0, 0.05) is 0 Å². The van der Waals surface area contributed by atoms with Crippen molar-refractivity contribution in [3.8, 4) is 11.5 Å². The van der Waals surface area contributed by atoms with Crippen molar-refractivity contribution in [3.63, 3.8) is 0 Å². The van der Waals surface area contributed by atoms with Gasteiger partial charge in [-0.15, -0.1) is 0 Å². The standard InChI is InChI=1S/C15H16BFO4/c1-2-20-14-5-3-4-6-15(14)21-10-11-7-8-12(17)9-13(11)16(18)19/h3-9,18-19H,2,10H2,1H3. The molecule has 0 aliphatic heterocycles. The van der Waals surface area contributed by atoms with Gasteiger partial charge in [0.05, 0.1) is 6.61 Å². The fourth-order valence-electron chi connectivity index (χ4n) is 1.94. The molecule has 2 aromatic rings. The van der Waals surface area contributed by atoms with Gasteiger partial charge in [-0.2, -0.15) is 0 Å². The fourth-order valence-corrected chi connectivity index (χ4v) is 1.94. The highest BCUT2D eigenvalue weighted by molar-refractivity contribution is 6.59. The van der Waals surface area contributed by atoms with Crippen LogP contribution in [0.25, 0.3) is 0 Å². The molecule has 2 aromatic carbocycles. The van der Waals surface area contributed by atoms with Crippen molar-refractivity contribution in [2.24, 2.45) is 0 Å². The summed E-state index contributed by atoms with van der Waals surface area (Å²) in [4.78, 5) is 0. The number of benzene rings is 2. The van der Waals surface area contributed by atoms with Crippen molar-refractivity contribution >= 4 is 12.6 Å². The van der Waals surface area contributed by atoms with E-state index in [1.165, 1.54) is 12.1 Å². The number of halogens is 1. The molecular weight excluding hydrogens is 274 g/mol. The first kappa shape index (κ1) is 15.3. The van der Waals surface area contributed by atoms with Crippen molar-refractivity contribution in [2.45, 2.75) is 13.5 Å². The Morgan fingerprint density at radius 3 is 2.33 bits per heavy atom. The molecule has 0 fully saturated rings. The van der Waals surface area contributed by atoms with Crippen LogP contribution < -0.4 is 14.9 Å². The summed E-state index contributed by atoms with van der Waals surface area (Å²) in [5.41, 5.74) is 0.585. The van der Waals surface area contributed by atoms with Crippen LogP contribution in [0.2, 0.25) is 0 Å². The van der Waals surface area contributed by atoms with Crippen molar-refractivity contribution in [3.05, 3.63) is 53.8 Å². The minimum absolute atomic E-state index is 0.0807. The number of ether oxygens (including phenoxy) is 2. The second kappa shape index (κ2) is 7.10. The van der Waals surface area contributed by atoms with Crippen LogP contribution >= 0.6 is 0 Å². The Morgan fingerprint density at radius 1 is 1.05 bits per heavy atom. The van der Waals surface area contributed by atoms with E-state index >= 15 is 0 Å². The monoisotopic (exact) mass is 290 g/mol. The van der Waals surface area contributed by atoms with Crippen LogP contribution in [-0.4, -0.2) is 23.8 Å². The Balaban J connectivity index is 2.17. The number of hydrogen-bond acceptors (Lipinski definition) is 4. The summed E-state index contributed by atoms with van der Waals surface area (Å²) in [7, 11) is -1.75. The second-order valence-electron chi connectivity index (χ2n) is 4.39. The summed E-state index contributed by atoms with van der Waals surface area (Å²) in [5, 5.41) is 18.5. The molecule has 2 rings (SSSR count). The van der Waals surface area contributed by atoms with Gasteiger partial charge < -0.3 is 19.5 Å². The van der Waals surface area contributed by atoms with Gasteiger partial charge in [-0.1, -0.05) is 18.2 Å². The third kappa shape index (κ3) is 3.96. The van der Waals surface area contributed by atoms with Crippen LogP contribution in [0.4, 0.5) is 4.39 Å². The number of para-hydroxylation sites is 2. The average Bonchev–Trinajstić information content (AvgIpc) is 2.47. The SMILES string of the molecule is CCOc1ccccc1OCc1ccc(F)cc1B(O)O. The van der Waals surface area contributed by atoms with E-state index in [2.05, 4.69) is 0 Å². The van der Waals surface area contributed by atoms with Crippen LogP contribution in [0.5, 0.6) is 11.5 Å². The van der Waals surface area contributed by atoms with E-state index in [0.717, 1.165) is 6.07 Å². The van der Waals surface area contributed by atoms with Gasteiger partial charge in [0.1, 0.15) is 12.4 Å². The Hall–Kier alpha value is -2.05. The Morgan fingerprint density at radius 2 is 1.71 bits per heavy atom. The highest BCUT2D eigenvalue weighted by Gasteiger charge is 2.17. The molecule has 0 aliphatic rings. The fraction of sp³-hybridized carbons (Fsp3) is 0.200. The molecule has 0 unspecified atom stereocenters. The lowest BCUT2D eigenvalue weighted by Crippen LogP contribution is -2.34. The predicted molar refractivity (Wildman–Crippen MR) is 78.2 cm³/mol. The maximum absolute atomic E-state index is 13.2. The lowest BCUT2D eigenvalue weighted by Gasteiger charge is -2.13. The van der Waals surface area contributed by atoms with Crippen molar-refractivity contribution in [1.29, 1.82) is 0 Å². The van der Waals surface area contributed by atoms with Crippen molar-refractivity contribution in [2.75, 3.05) is 6.61 Å². The maximum Gasteiger partial charge on any atom is 0.488 e. The van der Waals surface area contributed by atoms with Crippen LogP contribution in [-0.2, 0) is 6.61 Å². The predicted octanol–water partition coefficient (Wildman–Crippen LogP) is 1.48. The normalized spacial score (nSPS) is 10.3. The third-order valence-electron chi connectivity index (χ3n) is 2.92. The average molecular weight is 290 g/mol. The first-order valence-corrected chi connectivity index (χ1v) is 6.61. The van der Waals surface area contributed by atoms with Crippen LogP contribution in [0.15, 0.2) is 42.5 Å². The topological polar surface area (TPSA) is 58.9 Å². The van der Waals surface area contributed by atoms with Gasteiger partial charge in [0.15, 0.2) is 11.5 Å². The molecule has 0 spiro atoms. The number of hydrogen-bond donors (Lipinski definition) is 2. The Kier molecular flexibility index (Phi) is 5.19. The van der Waals surface area contributed by atoms with Gasteiger partial charge in [-0.25, -0.2) is 4.39 Å². The molecule has 0 aromatic heterocycles. The quantitative estimate of drug-likeness (QED) is 0.791. The first-order valence-electron chi connectivity index (χ1n) is 6.61. The van der Waals surface area contributed by atoms with E-state index in [0.29, 0.717) is 23.7 Å². The van der Waals surface area contributed by atoms with Gasteiger partial charge in [-0.3, -0.25) is 0 Å². The molecule has 0 saturated carbocycles. The lowest BCUT2D eigenvalue weighted by atomic mass is 9.77. The molecule has 0 heterocycles. The van der Waals surface area contributed by atoms with E-state index in [4.69, 9.17) is 9.47 Å². The summed E-state index contributed by atoms with van der Waals surface area (Å²) in [6.45, 7) is 2.46. The molecule has 0 saturated heterocycles. The van der Waals surface area contributed by atoms with Crippen LogP contribution in [0, 0.1) is 5.82 Å². The summed E-state index contributed by atoms with van der Waals surface area (Å²) in [5.74, 6) is 0.617. The van der Waals surface area contributed by atoms with Crippen LogP contribution in [0.1, 0.15) is 12.5 Å². The highest BCUT2D eigenvalue weighted by atomic mass is 19.1. The largest absolute Gasteiger partial charge is 0.490 e. The molecule has 0 atom stereocenters. The lowest BCUT2D eigenvalue weighted by molar-refractivity contribution is 0.269. The Labute approximate surface area is 122 Å². The summed E-state index contributed by atoms with van der Waals surface area (Å²) < 4.78 is 24.2. The van der Waals surface area contributed by atoms with Gasteiger partial charge in [0.2, 0.25) is 0 Å². The van der Waals surface area contributed by atoms with Crippen LogP contribution in [0.3, 0.4) is 0 Å². The van der Waals surface area contributed by atoms with Gasteiger partial charge in [-0.05, 0) is 42.2 Å². The smallest absolute Gasteiger partial charge is 0.488 e. The third-order valence-corrected chi connectivity index (χ3v) is 2.92. The zero-order valence-corrected chi connectivity index (χ0v) is 11.6. The molecule has 0 radical (unpaired) electrons. The minimum Gasteiger partial charge on any atom is -0.490 e. The highest BCUT2D eigenvalue weighted by Crippen LogP contribution is 2.27. The minimum atomic E-state index is -1.75.